The van der Waals surface area contributed by atoms with Crippen LogP contribution in [0.3, 0.4) is 0 Å². The second-order valence-electron chi connectivity index (χ2n) is 5.21. The Morgan fingerprint density at radius 3 is 2.61 bits per heavy atom. The van der Waals surface area contributed by atoms with Crippen molar-refractivity contribution in [3.8, 4) is 5.75 Å². The smallest absolute Gasteiger partial charge is 0.259 e. The Balaban J connectivity index is 2.14. The summed E-state index contributed by atoms with van der Waals surface area (Å²) in [6, 6.07) is 7.78. The number of benzene rings is 1. The first-order valence-electron chi connectivity index (χ1n) is 7.18. The Morgan fingerprint density at radius 2 is 1.96 bits per heavy atom. The van der Waals surface area contributed by atoms with Crippen LogP contribution in [0, 0.1) is 6.92 Å². The molecular formula is C17H17N3O2S. The Kier molecular flexibility index (Phi) is 4.34. The highest BCUT2D eigenvalue weighted by Gasteiger charge is 2.13. The molecular weight excluding hydrogens is 310 g/mol. The minimum Gasteiger partial charge on any atom is -0.497 e. The highest BCUT2D eigenvalue weighted by atomic mass is 32.2. The van der Waals surface area contributed by atoms with Gasteiger partial charge in [0.05, 0.1) is 23.7 Å². The number of nitrogens with zero attached hydrogens (tertiary/aromatic N) is 2. The van der Waals surface area contributed by atoms with Crippen molar-refractivity contribution in [2.75, 3.05) is 13.4 Å². The lowest BCUT2D eigenvalue weighted by atomic mass is 10.1. The van der Waals surface area contributed by atoms with Gasteiger partial charge in [0.25, 0.3) is 5.56 Å². The SMILES string of the molecule is COc1ccc(Cc2nc(SC)nc3c(C)c[nH]c(=O)c23)cc1. The van der Waals surface area contributed by atoms with Gasteiger partial charge in [0, 0.05) is 12.6 Å². The number of hydrogen-bond donors (Lipinski definition) is 1. The molecule has 1 N–H and O–H groups in total. The molecule has 6 heteroatoms. The maximum atomic E-state index is 12.3. The van der Waals surface area contributed by atoms with Crippen molar-refractivity contribution in [1.29, 1.82) is 0 Å². The molecule has 0 saturated heterocycles. The van der Waals surface area contributed by atoms with Gasteiger partial charge in [-0.2, -0.15) is 0 Å². The molecule has 0 aliphatic carbocycles. The normalized spacial score (nSPS) is 10.9. The quantitative estimate of drug-likeness (QED) is 0.589. The van der Waals surface area contributed by atoms with Crippen molar-refractivity contribution in [3.05, 3.63) is 57.6 Å². The molecule has 3 rings (SSSR count). The molecule has 0 atom stereocenters. The van der Waals surface area contributed by atoms with Crippen LogP contribution in [-0.4, -0.2) is 28.3 Å². The number of aromatic nitrogens is 3. The first kappa shape index (κ1) is 15.6. The van der Waals surface area contributed by atoms with E-state index in [0.717, 1.165) is 28.1 Å². The zero-order chi connectivity index (χ0) is 16.4. The summed E-state index contributed by atoms with van der Waals surface area (Å²) in [5.41, 5.74) is 3.32. The Hall–Kier alpha value is -2.34. The summed E-state index contributed by atoms with van der Waals surface area (Å²) in [5, 5.41) is 1.24. The summed E-state index contributed by atoms with van der Waals surface area (Å²) >= 11 is 1.47. The molecule has 0 unspecified atom stereocenters. The highest BCUT2D eigenvalue weighted by Crippen LogP contribution is 2.22. The standard InChI is InChI=1S/C17H17N3O2S/c1-10-9-18-16(21)14-13(19-17(23-3)20-15(10)14)8-11-4-6-12(22-2)7-5-11/h4-7,9H,8H2,1-3H3,(H,18,21). The third-order valence-corrected chi connectivity index (χ3v) is 4.24. The van der Waals surface area contributed by atoms with E-state index in [4.69, 9.17) is 4.74 Å². The van der Waals surface area contributed by atoms with Crippen LogP contribution < -0.4 is 10.3 Å². The largest absolute Gasteiger partial charge is 0.497 e. The van der Waals surface area contributed by atoms with Crippen molar-refractivity contribution in [2.45, 2.75) is 18.5 Å². The molecule has 0 aliphatic rings. The van der Waals surface area contributed by atoms with E-state index in [9.17, 15) is 4.79 Å². The Bertz CT molecular complexity index is 904. The summed E-state index contributed by atoms with van der Waals surface area (Å²) in [6.07, 6.45) is 4.20. The number of hydrogen-bond acceptors (Lipinski definition) is 5. The van der Waals surface area contributed by atoms with Gasteiger partial charge in [-0.05, 0) is 36.4 Å². The highest BCUT2D eigenvalue weighted by molar-refractivity contribution is 7.98. The number of methoxy groups -OCH3 is 1. The molecule has 0 bridgehead atoms. The fourth-order valence-corrected chi connectivity index (χ4v) is 2.86. The number of H-pyrrole nitrogens is 1. The van der Waals surface area contributed by atoms with Gasteiger partial charge in [-0.25, -0.2) is 9.97 Å². The summed E-state index contributed by atoms with van der Waals surface area (Å²) in [5.74, 6) is 0.805. The molecule has 5 nitrogen and oxygen atoms in total. The molecule has 0 saturated carbocycles. The van der Waals surface area contributed by atoms with Gasteiger partial charge in [-0.15, -0.1) is 0 Å². The lowest BCUT2D eigenvalue weighted by Gasteiger charge is -2.09. The molecule has 0 aliphatic heterocycles. The first-order chi connectivity index (χ1) is 11.1. The van der Waals surface area contributed by atoms with Crippen LogP contribution in [0.2, 0.25) is 0 Å². The van der Waals surface area contributed by atoms with E-state index in [-0.39, 0.29) is 5.56 Å². The van der Waals surface area contributed by atoms with Crippen LogP contribution in [-0.2, 0) is 6.42 Å². The third kappa shape index (κ3) is 3.07. The number of pyridine rings is 1. The van der Waals surface area contributed by atoms with E-state index < -0.39 is 0 Å². The zero-order valence-corrected chi connectivity index (χ0v) is 14.0. The molecule has 0 radical (unpaired) electrons. The van der Waals surface area contributed by atoms with Gasteiger partial charge in [0.2, 0.25) is 0 Å². The lowest BCUT2D eigenvalue weighted by molar-refractivity contribution is 0.414. The van der Waals surface area contributed by atoms with E-state index in [1.54, 1.807) is 13.3 Å². The second kappa shape index (κ2) is 6.42. The van der Waals surface area contributed by atoms with Crippen molar-refractivity contribution >= 4 is 22.7 Å². The van der Waals surface area contributed by atoms with Crippen molar-refractivity contribution in [2.24, 2.45) is 0 Å². The molecule has 118 valence electrons. The molecule has 1 aromatic carbocycles. The van der Waals surface area contributed by atoms with Crippen LogP contribution in [0.15, 0.2) is 40.4 Å². The Morgan fingerprint density at radius 1 is 1.22 bits per heavy atom. The minimum absolute atomic E-state index is 0.151. The Labute approximate surface area is 138 Å². The van der Waals surface area contributed by atoms with Gasteiger partial charge in [0.1, 0.15) is 5.75 Å². The maximum absolute atomic E-state index is 12.3. The predicted octanol–water partition coefficient (Wildman–Crippen LogP) is 2.95. The summed E-state index contributed by atoms with van der Waals surface area (Å²) in [6.45, 7) is 1.94. The number of nitrogens with one attached hydrogen (secondary N) is 1. The van der Waals surface area contributed by atoms with Gasteiger partial charge in [0.15, 0.2) is 5.16 Å². The third-order valence-electron chi connectivity index (χ3n) is 3.70. The molecule has 2 aromatic heterocycles. The monoisotopic (exact) mass is 327 g/mol. The predicted molar refractivity (Wildman–Crippen MR) is 92.5 cm³/mol. The summed E-state index contributed by atoms with van der Waals surface area (Å²) in [4.78, 5) is 24.1. The van der Waals surface area contributed by atoms with Crippen LogP contribution in [0.25, 0.3) is 10.9 Å². The molecule has 23 heavy (non-hydrogen) atoms. The zero-order valence-electron chi connectivity index (χ0n) is 13.2. The number of thioether (sulfide) groups is 1. The topological polar surface area (TPSA) is 67.9 Å². The van der Waals surface area contributed by atoms with E-state index in [0.29, 0.717) is 17.0 Å². The van der Waals surface area contributed by atoms with Crippen molar-refractivity contribution in [3.63, 3.8) is 0 Å². The average molecular weight is 327 g/mol. The van der Waals surface area contributed by atoms with Gasteiger partial charge in [-0.3, -0.25) is 4.79 Å². The summed E-state index contributed by atoms with van der Waals surface area (Å²) < 4.78 is 5.18. The minimum atomic E-state index is -0.151. The molecule has 0 amide bonds. The van der Waals surface area contributed by atoms with Crippen molar-refractivity contribution < 1.29 is 4.74 Å². The van der Waals surface area contributed by atoms with Crippen LogP contribution in [0.5, 0.6) is 5.75 Å². The van der Waals surface area contributed by atoms with Crippen molar-refractivity contribution in [1.82, 2.24) is 15.0 Å². The van der Waals surface area contributed by atoms with Crippen LogP contribution in [0.4, 0.5) is 0 Å². The number of ether oxygens (including phenoxy) is 1. The van der Waals surface area contributed by atoms with Gasteiger partial charge >= 0.3 is 0 Å². The van der Waals surface area contributed by atoms with Gasteiger partial charge < -0.3 is 9.72 Å². The number of fused-ring (bicyclic) bond motifs is 1. The molecule has 2 heterocycles. The molecule has 3 aromatic rings. The fourth-order valence-electron chi connectivity index (χ4n) is 2.48. The number of aromatic amines is 1. The van der Waals surface area contributed by atoms with E-state index in [1.807, 2.05) is 37.4 Å². The van der Waals surface area contributed by atoms with Crippen LogP contribution in [0.1, 0.15) is 16.8 Å². The molecule has 0 spiro atoms. The first-order valence-corrected chi connectivity index (χ1v) is 8.40. The van der Waals surface area contributed by atoms with E-state index >= 15 is 0 Å². The van der Waals surface area contributed by atoms with E-state index in [1.165, 1.54) is 11.8 Å². The van der Waals surface area contributed by atoms with Gasteiger partial charge in [-0.1, -0.05) is 23.9 Å². The fraction of sp³-hybridized carbons (Fsp3) is 0.235. The second-order valence-corrected chi connectivity index (χ2v) is 5.98. The maximum Gasteiger partial charge on any atom is 0.259 e. The lowest BCUT2D eigenvalue weighted by Crippen LogP contribution is -2.12. The number of rotatable bonds is 4. The number of aryl methyl sites for hydroxylation is 1. The molecule has 0 fully saturated rings. The average Bonchev–Trinajstić information content (AvgIpc) is 2.58. The van der Waals surface area contributed by atoms with E-state index in [2.05, 4.69) is 15.0 Å². The van der Waals surface area contributed by atoms with Crippen LogP contribution >= 0.6 is 11.8 Å². The summed E-state index contributed by atoms with van der Waals surface area (Å²) in [7, 11) is 1.64.